The van der Waals surface area contributed by atoms with Gasteiger partial charge in [-0.1, -0.05) is 6.07 Å². The van der Waals surface area contributed by atoms with Gasteiger partial charge in [-0.3, -0.25) is 9.36 Å². The summed E-state index contributed by atoms with van der Waals surface area (Å²) < 4.78 is 1.73. The maximum Gasteiger partial charge on any atom is 0.168 e. The van der Waals surface area contributed by atoms with E-state index in [-0.39, 0.29) is 0 Å². The molecule has 2 aromatic heterocycles. The molecule has 2 aromatic rings. The average Bonchev–Trinajstić information content (AvgIpc) is 2.78. The molecule has 0 atom stereocenters. The number of aldehydes is 1. The third-order valence-electron chi connectivity index (χ3n) is 1.99. The second-order valence-electron chi connectivity index (χ2n) is 3.01. The monoisotopic (exact) mass is 202 g/mol. The van der Waals surface area contributed by atoms with Crippen LogP contribution in [-0.2, 0) is 6.54 Å². The lowest BCUT2D eigenvalue weighted by molar-refractivity contribution is 0.111. The number of hydrogen-bond acceptors (Lipinski definition) is 4. The van der Waals surface area contributed by atoms with E-state index in [0.717, 1.165) is 5.69 Å². The Morgan fingerprint density at radius 2 is 2.33 bits per heavy atom. The molecule has 0 fully saturated rings. The van der Waals surface area contributed by atoms with Gasteiger partial charge in [-0.2, -0.15) is 0 Å². The lowest BCUT2D eigenvalue weighted by Crippen LogP contribution is -1.98. The zero-order valence-electron chi connectivity index (χ0n) is 8.00. The largest absolute Gasteiger partial charge is 0.325 e. The van der Waals surface area contributed by atoms with E-state index in [2.05, 4.69) is 9.97 Å². The van der Waals surface area contributed by atoms with E-state index < -0.39 is 0 Å². The predicted molar refractivity (Wildman–Crippen MR) is 54.6 cm³/mol. The molecule has 0 saturated heterocycles. The normalized spacial score (nSPS) is 10.2. The number of carbonyl (C=O) groups excluding carboxylic acids is 1. The molecule has 15 heavy (non-hydrogen) atoms. The second kappa shape index (κ2) is 4.02. The molecule has 76 valence electrons. The first kappa shape index (κ1) is 9.54. The van der Waals surface area contributed by atoms with Gasteiger partial charge in [0.05, 0.1) is 5.69 Å². The highest BCUT2D eigenvalue weighted by molar-refractivity contribution is 5.71. The molecule has 2 heterocycles. The molecule has 0 bridgehead atoms. The van der Waals surface area contributed by atoms with Crippen molar-refractivity contribution in [1.82, 2.24) is 14.5 Å². The van der Waals surface area contributed by atoms with Crippen LogP contribution in [-0.4, -0.2) is 20.8 Å². The van der Waals surface area contributed by atoms with Crippen LogP contribution in [0.2, 0.25) is 0 Å². The molecule has 0 aliphatic heterocycles. The highest BCUT2D eigenvalue weighted by Crippen LogP contribution is 2.05. The molecule has 0 saturated carbocycles. The van der Waals surface area contributed by atoms with Gasteiger partial charge in [0, 0.05) is 12.7 Å². The summed E-state index contributed by atoms with van der Waals surface area (Å²) >= 11 is 0. The van der Waals surface area contributed by atoms with Crippen molar-refractivity contribution in [3.63, 3.8) is 0 Å². The molecule has 0 unspecified atom stereocenters. The van der Waals surface area contributed by atoms with Gasteiger partial charge in [0.1, 0.15) is 17.8 Å². The lowest BCUT2D eigenvalue weighted by atomic mass is 10.3. The third kappa shape index (κ3) is 1.92. The Kier molecular flexibility index (Phi) is 2.55. The maximum absolute atomic E-state index is 10.5. The number of pyridine rings is 1. The summed E-state index contributed by atoms with van der Waals surface area (Å²) in [5.41, 5.74) is 6.63. The number of imidazole rings is 1. The SMILES string of the molecule is NCc1cn(-c2cccc(C=O)n2)cn1. The molecule has 2 N–H and O–H groups in total. The van der Waals surface area contributed by atoms with Crippen LogP contribution in [0.25, 0.3) is 5.82 Å². The Hall–Kier alpha value is -2.01. The topological polar surface area (TPSA) is 73.8 Å². The van der Waals surface area contributed by atoms with Crippen molar-refractivity contribution in [3.05, 3.63) is 42.1 Å². The first-order chi connectivity index (χ1) is 7.33. The Morgan fingerprint density at radius 1 is 1.47 bits per heavy atom. The second-order valence-corrected chi connectivity index (χ2v) is 3.01. The van der Waals surface area contributed by atoms with Gasteiger partial charge < -0.3 is 5.73 Å². The summed E-state index contributed by atoms with van der Waals surface area (Å²) in [4.78, 5) is 18.7. The molecule has 0 aliphatic carbocycles. The van der Waals surface area contributed by atoms with Gasteiger partial charge in [-0.05, 0) is 12.1 Å². The van der Waals surface area contributed by atoms with Gasteiger partial charge in [0.25, 0.3) is 0 Å². The summed E-state index contributed by atoms with van der Waals surface area (Å²) in [6.07, 6.45) is 4.13. The molecule has 0 radical (unpaired) electrons. The maximum atomic E-state index is 10.5. The van der Waals surface area contributed by atoms with Crippen LogP contribution in [0.4, 0.5) is 0 Å². The highest BCUT2D eigenvalue weighted by atomic mass is 16.1. The number of nitrogens with two attached hydrogens (primary N) is 1. The van der Waals surface area contributed by atoms with E-state index in [1.165, 1.54) is 0 Å². The smallest absolute Gasteiger partial charge is 0.168 e. The first-order valence-electron chi connectivity index (χ1n) is 4.49. The minimum atomic E-state index is 0.389. The van der Waals surface area contributed by atoms with Crippen molar-refractivity contribution in [2.24, 2.45) is 5.73 Å². The van der Waals surface area contributed by atoms with Crippen LogP contribution in [0, 0.1) is 0 Å². The third-order valence-corrected chi connectivity index (χ3v) is 1.99. The summed E-state index contributed by atoms with van der Waals surface area (Å²) in [5, 5.41) is 0. The van der Waals surface area contributed by atoms with Crippen LogP contribution in [0.5, 0.6) is 0 Å². The minimum Gasteiger partial charge on any atom is -0.325 e. The first-order valence-corrected chi connectivity index (χ1v) is 4.49. The van der Waals surface area contributed by atoms with Crippen molar-refractivity contribution < 1.29 is 4.79 Å². The van der Waals surface area contributed by atoms with Crippen molar-refractivity contribution in [1.29, 1.82) is 0 Å². The molecule has 0 amide bonds. The van der Waals surface area contributed by atoms with Crippen LogP contribution in [0.15, 0.2) is 30.7 Å². The molecule has 0 spiro atoms. The molecule has 5 heteroatoms. The Bertz CT molecular complexity index is 478. The number of aromatic nitrogens is 3. The number of nitrogens with zero attached hydrogens (tertiary/aromatic N) is 3. The minimum absolute atomic E-state index is 0.389. The molecular weight excluding hydrogens is 192 g/mol. The van der Waals surface area contributed by atoms with Crippen LogP contribution < -0.4 is 5.73 Å². The van der Waals surface area contributed by atoms with E-state index in [0.29, 0.717) is 24.3 Å². The van der Waals surface area contributed by atoms with Gasteiger partial charge in [0.2, 0.25) is 0 Å². The molecular formula is C10H10N4O. The molecule has 5 nitrogen and oxygen atoms in total. The Balaban J connectivity index is 2.39. The predicted octanol–water partition coefficient (Wildman–Crippen LogP) is 0.538. The fourth-order valence-corrected chi connectivity index (χ4v) is 1.24. The van der Waals surface area contributed by atoms with Gasteiger partial charge >= 0.3 is 0 Å². The number of carbonyl (C=O) groups is 1. The van der Waals surface area contributed by atoms with Crippen molar-refractivity contribution in [3.8, 4) is 5.82 Å². The summed E-state index contributed by atoms with van der Waals surface area (Å²) in [5.74, 6) is 0.659. The van der Waals surface area contributed by atoms with E-state index in [9.17, 15) is 4.79 Å². The molecule has 2 rings (SSSR count). The fourth-order valence-electron chi connectivity index (χ4n) is 1.24. The number of rotatable bonds is 3. The zero-order valence-corrected chi connectivity index (χ0v) is 8.00. The molecule has 0 aliphatic rings. The highest BCUT2D eigenvalue weighted by Gasteiger charge is 2.01. The quantitative estimate of drug-likeness (QED) is 0.737. The van der Waals surface area contributed by atoms with E-state index >= 15 is 0 Å². The summed E-state index contributed by atoms with van der Waals surface area (Å²) in [6.45, 7) is 0.389. The van der Waals surface area contributed by atoms with Crippen LogP contribution >= 0.6 is 0 Å². The van der Waals surface area contributed by atoms with Crippen molar-refractivity contribution >= 4 is 6.29 Å². The Labute approximate surface area is 86.6 Å². The lowest BCUT2D eigenvalue weighted by Gasteiger charge is -2.00. The van der Waals surface area contributed by atoms with E-state index in [4.69, 9.17) is 5.73 Å². The standard InChI is InChI=1S/C10H10N4O/c11-4-9-5-14(7-12-9)10-3-1-2-8(6-15)13-10/h1-3,5-7H,4,11H2. The Morgan fingerprint density at radius 3 is 3.00 bits per heavy atom. The van der Waals surface area contributed by atoms with Gasteiger partial charge in [-0.15, -0.1) is 0 Å². The van der Waals surface area contributed by atoms with Gasteiger partial charge in [-0.25, -0.2) is 9.97 Å². The summed E-state index contributed by atoms with van der Waals surface area (Å²) in [7, 11) is 0. The van der Waals surface area contributed by atoms with E-state index in [1.54, 1.807) is 35.3 Å². The van der Waals surface area contributed by atoms with Gasteiger partial charge in [0.15, 0.2) is 6.29 Å². The van der Waals surface area contributed by atoms with E-state index in [1.807, 2.05) is 0 Å². The molecule has 0 aromatic carbocycles. The van der Waals surface area contributed by atoms with Crippen LogP contribution in [0.3, 0.4) is 0 Å². The van der Waals surface area contributed by atoms with Crippen molar-refractivity contribution in [2.75, 3.05) is 0 Å². The van der Waals surface area contributed by atoms with Crippen molar-refractivity contribution in [2.45, 2.75) is 6.54 Å². The average molecular weight is 202 g/mol. The summed E-state index contributed by atoms with van der Waals surface area (Å²) in [6, 6.07) is 5.22. The fraction of sp³-hybridized carbons (Fsp3) is 0.100. The van der Waals surface area contributed by atoms with Crippen LogP contribution in [0.1, 0.15) is 16.2 Å². The zero-order chi connectivity index (χ0) is 10.7. The number of hydrogen-bond donors (Lipinski definition) is 1.